The molecule has 2 aromatic heterocycles. The lowest BCUT2D eigenvalue weighted by atomic mass is 10.2. The number of alkyl halides is 3. The minimum absolute atomic E-state index is 0.0338. The molecule has 0 bridgehead atoms. The summed E-state index contributed by atoms with van der Waals surface area (Å²) in [5.41, 5.74) is -0.617. The monoisotopic (exact) mass is 437 g/mol. The van der Waals surface area contributed by atoms with E-state index >= 15 is 0 Å². The number of ether oxygens (including phenoxy) is 1. The topological polar surface area (TPSA) is 55.4 Å². The van der Waals surface area contributed by atoms with Crippen LogP contribution in [0.2, 0.25) is 0 Å². The number of hydrogen-bond donors (Lipinski definition) is 1. The summed E-state index contributed by atoms with van der Waals surface area (Å²) in [6, 6.07) is 11.4. The zero-order valence-corrected chi connectivity index (χ0v) is 16.4. The summed E-state index contributed by atoms with van der Waals surface area (Å²) >= 11 is 2.80. The van der Waals surface area contributed by atoms with E-state index in [-0.39, 0.29) is 5.69 Å². The smallest absolute Gasteiger partial charge is 0.416 e. The van der Waals surface area contributed by atoms with Crippen molar-refractivity contribution in [2.24, 2.45) is 0 Å². The minimum Gasteiger partial charge on any atom is -0.452 e. The van der Waals surface area contributed by atoms with Crippen LogP contribution in [0.4, 0.5) is 18.9 Å². The van der Waals surface area contributed by atoms with Crippen molar-refractivity contribution in [3.8, 4) is 0 Å². The van der Waals surface area contributed by atoms with Crippen molar-refractivity contribution < 1.29 is 27.5 Å². The molecule has 2 heterocycles. The van der Waals surface area contributed by atoms with Crippen molar-refractivity contribution in [3.05, 3.63) is 74.6 Å². The Labute approximate surface area is 172 Å². The minimum atomic E-state index is -4.52. The van der Waals surface area contributed by atoms with Crippen LogP contribution in [0.1, 0.15) is 15.3 Å². The van der Waals surface area contributed by atoms with E-state index in [1.165, 1.54) is 34.8 Å². The van der Waals surface area contributed by atoms with E-state index in [2.05, 4.69) is 5.32 Å². The van der Waals surface area contributed by atoms with Crippen molar-refractivity contribution in [3.63, 3.8) is 0 Å². The first-order valence-corrected chi connectivity index (χ1v) is 10.0. The first kappa shape index (κ1) is 20.8. The van der Waals surface area contributed by atoms with Gasteiger partial charge < -0.3 is 10.1 Å². The summed E-state index contributed by atoms with van der Waals surface area (Å²) in [6.07, 6.45) is -2.85. The zero-order valence-electron chi connectivity index (χ0n) is 14.7. The highest BCUT2D eigenvalue weighted by Gasteiger charge is 2.30. The number of hydrogen-bond acceptors (Lipinski definition) is 5. The van der Waals surface area contributed by atoms with Crippen LogP contribution in [-0.2, 0) is 20.5 Å². The van der Waals surface area contributed by atoms with E-state index in [1.807, 2.05) is 22.9 Å². The predicted molar refractivity (Wildman–Crippen MR) is 108 cm³/mol. The van der Waals surface area contributed by atoms with Crippen LogP contribution >= 0.6 is 22.7 Å². The van der Waals surface area contributed by atoms with Crippen LogP contribution in [0.25, 0.3) is 11.6 Å². The SMILES string of the molecule is O=C(COC(=O)/C(=C/c1cccs1)c1cccs1)Nc1cccc(C(F)(F)F)c1. The molecule has 3 rings (SSSR count). The fraction of sp³-hybridized carbons (Fsp3) is 0.100. The lowest BCUT2D eigenvalue weighted by Crippen LogP contribution is -2.21. The number of carbonyl (C=O) groups excluding carboxylic acids is 2. The normalized spacial score (nSPS) is 11.9. The van der Waals surface area contributed by atoms with Gasteiger partial charge in [0, 0.05) is 15.4 Å². The van der Waals surface area contributed by atoms with Crippen molar-refractivity contribution in [1.29, 1.82) is 0 Å². The van der Waals surface area contributed by atoms with Crippen molar-refractivity contribution in [1.82, 2.24) is 0 Å². The summed E-state index contributed by atoms with van der Waals surface area (Å²) in [7, 11) is 0. The van der Waals surface area contributed by atoms with Gasteiger partial charge in [-0.1, -0.05) is 18.2 Å². The van der Waals surface area contributed by atoms with Crippen LogP contribution in [0.15, 0.2) is 59.3 Å². The molecule has 1 N–H and O–H groups in total. The second kappa shape index (κ2) is 9.06. The number of esters is 1. The molecule has 0 fully saturated rings. The molecule has 0 aliphatic carbocycles. The predicted octanol–water partition coefficient (Wildman–Crippen LogP) is 5.55. The average molecular weight is 437 g/mol. The number of rotatable bonds is 6. The molecule has 150 valence electrons. The Kier molecular flexibility index (Phi) is 6.50. The fourth-order valence-corrected chi connectivity index (χ4v) is 3.74. The highest BCUT2D eigenvalue weighted by Crippen LogP contribution is 2.30. The number of amides is 1. The first-order valence-electron chi connectivity index (χ1n) is 8.26. The number of benzene rings is 1. The van der Waals surface area contributed by atoms with Crippen LogP contribution in [0.3, 0.4) is 0 Å². The summed E-state index contributed by atoms with van der Waals surface area (Å²) < 4.78 is 43.3. The Balaban J connectivity index is 1.65. The van der Waals surface area contributed by atoms with E-state index in [0.717, 1.165) is 17.0 Å². The highest BCUT2D eigenvalue weighted by molar-refractivity contribution is 7.12. The third-order valence-corrected chi connectivity index (χ3v) is 5.37. The molecule has 1 aromatic carbocycles. The van der Waals surface area contributed by atoms with Crippen LogP contribution in [0.5, 0.6) is 0 Å². The first-order chi connectivity index (χ1) is 13.8. The van der Waals surface area contributed by atoms with E-state index in [4.69, 9.17) is 4.74 Å². The van der Waals surface area contributed by atoms with Gasteiger partial charge >= 0.3 is 12.1 Å². The Hall–Kier alpha value is -2.91. The summed E-state index contributed by atoms with van der Waals surface area (Å²) in [5.74, 6) is -1.43. The summed E-state index contributed by atoms with van der Waals surface area (Å²) in [5, 5.41) is 5.98. The Bertz CT molecular complexity index is 1010. The Morgan fingerprint density at radius 3 is 2.45 bits per heavy atom. The van der Waals surface area contributed by atoms with Gasteiger partial charge in [-0.25, -0.2) is 4.79 Å². The number of carbonyl (C=O) groups is 2. The van der Waals surface area contributed by atoms with Gasteiger partial charge in [-0.05, 0) is 47.2 Å². The fourth-order valence-electron chi connectivity index (χ4n) is 2.36. The van der Waals surface area contributed by atoms with Crippen molar-refractivity contribution >= 4 is 51.9 Å². The van der Waals surface area contributed by atoms with E-state index in [1.54, 1.807) is 18.2 Å². The second-order valence-electron chi connectivity index (χ2n) is 5.75. The number of anilines is 1. The van der Waals surface area contributed by atoms with Crippen molar-refractivity contribution in [2.45, 2.75) is 6.18 Å². The third-order valence-electron chi connectivity index (χ3n) is 3.64. The molecule has 0 aliphatic heterocycles. The molecular weight excluding hydrogens is 423 g/mol. The van der Waals surface area contributed by atoms with E-state index in [0.29, 0.717) is 10.5 Å². The van der Waals surface area contributed by atoms with Gasteiger partial charge in [-0.15, -0.1) is 22.7 Å². The molecule has 0 saturated heterocycles. The molecule has 9 heteroatoms. The molecular formula is C20H14F3NO3S2. The average Bonchev–Trinajstić information content (AvgIpc) is 3.37. The number of thiophene rings is 2. The zero-order chi connectivity index (χ0) is 20.9. The maximum atomic E-state index is 12.8. The highest BCUT2D eigenvalue weighted by atomic mass is 32.1. The largest absolute Gasteiger partial charge is 0.452 e. The molecule has 29 heavy (non-hydrogen) atoms. The van der Waals surface area contributed by atoms with Gasteiger partial charge in [-0.3, -0.25) is 4.79 Å². The van der Waals surface area contributed by atoms with Crippen LogP contribution in [0, 0.1) is 0 Å². The summed E-state index contributed by atoms with van der Waals surface area (Å²) in [6.45, 7) is -0.623. The van der Waals surface area contributed by atoms with Crippen LogP contribution < -0.4 is 5.32 Å². The maximum absolute atomic E-state index is 12.8. The summed E-state index contributed by atoms with van der Waals surface area (Å²) in [4.78, 5) is 26.1. The molecule has 0 saturated carbocycles. The molecule has 0 aliphatic rings. The molecule has 0 unspecified atom stereocenters. The van der Waals surface area contributed by atoms with Gasteiger partial charge in [-0.2, -0.15) is 13.2 Å². The maximum Gasteiger partial charge on any atom is 0.416 e. The molecule has 3 aromatic rings. The molecule has 0 radical (unpaired) electrons. The van der Waals surface area contributed by atoms with Gasteiger partial charge in [0.15, 0.2) is 6.61 Å². The lowest BCUT2D eigenvalue weighted by Gasteiger charge is -2.10. The number of nitrogens with one attached hydrogen (secondary N) is 1. The van der Waals surface area contributed by atoms with Crippen molar-refractivity contribution in [2.75, 3.05) is 11.9 Å². The number of halogens is 3. The van der Waals surface area contributed by atoms with E-state index < -0.39 is 30.2 Å². The Morgan fingerprint density at radius 2 is 1.79 bits per heavy atom. The van der Waals surface area contributed by atoms with Gasteiger partial charge in [0.25, 0.3) is 5.91 Å². The van der Waals surface area contributed by atoms with Gasteiger partial charge in [0.1, 0.15) is 0 Å². The van der Waals surface area contributed by atoms with Crippen LogP contribution in [-0.4, -0.2) is 18.5 Å². The van der Waals surface area contributed by atoms with Gasteiger partial charge in [0.05, 0.1) is 11.1 Å². The lowest BCUT2D eigenvalue weighted by molar-refractivity contribution is -0.141. The van der Waals surface area contributed by atoms with E-state index in [9.17, 15) is 22.8 Å². The molecule has 0 spiro atoms. The quantitative estimate of drug-likeness (QED) is 0.406. The molecule has 0 atom stereocenters. The standard InChI is InChI=1S/C20H14F3NO3S2/c21-20(22,23)13-4-1-5-14(10-13)24-18(25)12-27-19(26)16(17-7-3-9-29-17)11-15-6-2-8-28-15/h1-11H,12H2,(H,24,25)/b16-11+. The Morgan fingerprint density at radius 1 is 1.03 bits per heavy atom. The molecule has 1 amide bonds. The van der Waals surface area contributed by atoms with Gasteiger partial charge in [0.2, 0.25) is 0 Å². The molecule has 4 nitrogen and oxygen atoms in total. The second-order valence-corrected chi connectivity index (χ2v) is 7.68. The third kappa shape index (κ3) is 5.78.